The second-order valence-electron chi connectivity index (χ2n) is 9.75. The van der Waals surface area contributed by atoms with Crippen molar-refractivity contribution in [2.75, 3.05) is 0 Å². The molecule has 0 spiro atoms. The number of hydrogen-bond acceptors (Lipinski definition) is 7. The number of nitrogens with two attached hydrogens (primary N) is 1. The van der Waals surface area contributed by atoms with Gasteiger partial charge in [-0.05, 0) is 29.5 Å². The van der Waals surface area contributed by atoms with Crippen molar-refractivity contribution in [1.29, 1.82) is 0 Å². The molecule has 1 aromatic heterocycles. The molecule has 12 nitrogen and oxygen atoms in total. The fourth-order valence-electron chi connectivity index (χ4n) is 3.72. The predicted molar refractivity (Wildman–Crippen MR) is 140 cm³/mol. The molecule has 2 aromatic rings. The highest BCUT2D eigenvalue weighted by Crippen LogP contribution is 2.13. The number of nitrogens with zero attached hydrogens (tertiary/aromatic N) is 1. The van der Waals surface area contributed by atoms with Crippen molar-refractivity contribution in [2.24, 2.45) is 17.6 Å². The number of phenolic OH excluding ortho intramolecular Hbond substituents is 1. The van der Waals surface area contributed by atoms with Crippen LogP contribution in [0.5, 0.6) is 5.75 Å². The van der Waals surface area contributed by atoms with Gasteiger partial charge in [-0.25, -0.2) is 9.78 Å². The summed E-state index contributed by atoms with van der Waals surface area (Å²) in [6, 6.07) is 1.89. The number of rotatable bonds is 14. The summed E-state index contributed by atoms with van der Waals surface area (Å²) < 4.78 is 0. The van der Waals surface area contributed by atoms with E-state index in [1.165, 1.54) is 24.7 Å². The second-order valence-corrected chi connectivity index (χ2v) is 9.75. The molecule has 2 rings (SSSR count). The van der Waals surface area contributed by atoms with E-state index < -0.39 is 53.8 Å². The van der Waals surface area contributed by atoms with Crippen molar-refractivity contribution >= 4 is 23.7 Å². The number of carbonyl (C=O) groups is 4. The van der Waals surface area contributed by atoms with Gasteiger partial charge in [0, 0.05) is 24.7 Å². The highest BCUT2D eigenvalue weighted by molar-refractivity contribution is 5.94. The Morgan fingerprint density at radius 1 is 0.947 bits per heavy atom. The molecule has 5 atom stereocenters. The van der Waals surface area contributed by atoms with Crippen LogP contribution in [0.4, 0.5) is 0 Å². The van der Waals surface area contributed by atoms with Gasteiger partial charge in [0.15, 0.2) is 0 Å². The Morgan fingerprint density at radius 2 is 1.53 bits per heavy atom. The van der Waals surface area contributed by atoms with Crippen LogP contribution in [0.2, 0.25) is 0 Å². The maximum absolute atomic E-state index is 13.5. The summed E-state index contributed by atoms with van der Waals surface area (Å²) in [5.74, 6) is -3.54. The topological polar surface area (TPSA) is 200 Å². The molecule has 0 aliphatic carbocycles. The lowest BCUT2D eigenvalue weighted by atomic mass is 9.98. The van der Waals surface area contributed by atoms with E-state index in [0.717, 1.165) is 0 Å². The minimum Gasteiger partial charge on any atom is -0.508 e. The number of imidazole rings is 1. The lowest BCUT2D eigenvalue weighted by molar-refractivity contribution is -0.143. The Labute approximate surface area is 221 Å². The molecule has 0 aliphatic heterocycles. The van der Waals surface area contributed by atoms with Crippen molar-refractivity contribution in [3.8, 4) is 5.75 Å². The minimum absolute atomic E-state index is 0.00820. The lowest BCUT2D eigenvalue weighted by Gasteiger charge is -2.26. The van der Waals surface area contributed by atoms with Crippen molar-refractivity contribution in [2.45, 2.75) is 71.1 Å². The number of aliphatic carboxylic acids is 1. The molecule has 0 bridgehead atoms. The van der Waals surface area contributed by atoms with Crippen LogP contribution in [0.3, 0.4) is 0 Å². The third-order valence-electron chi connectivity index (χ3n) is 6.41. The van der Waals surface area contributed by atoms with Crippen LogP contribution < -0.4 is 21.7 Å². The number of carboxylic acid groups (broad SMARTS) is 1. The summed E-state index contributed by atoms with van der Waals surface area (Å²) in [5, 5.41) is 26.9. The number of amides is 3. The van der Waals surface area contributed by atoms with E-state index in [9.17, 15) is 29.4 Å². The van der Waals surface area contributed by atoms with E-state index in [0.29, 0.717) is 17.7 Å². The monoisotopic (exact) mass is 530 g/mol. The van der Waals surface area contributed by atoms with E-state index in [1.54, 1.807) is 26.0 Å². The zero-order valence-electron chi connectivity index (χ0n) is 22.1. The third-order valence-corrected chi connectivity index (χ3v) is 6.41. The number of aromatic nitrogens is 2. The molecule has 8 N–H and O–H groups in total. The normalized spacial score (nSPS) is 15.1. The first-order chi connectivity index (χ1) is 17.9. The number of phenols is 1. The fourth-order valence-corrected chi connectivity index (χ4v) is 3.72. The van der Waals surface area contributed by atoms with E-state index in [4.69, 9.17) is 5.73 Å². The van der Waals surface area contributed by atoms with E-state index in [-0.39, 0.29) is 24.5 Å². The minimum atomic E-state index is -1.20. The maximum atomic E-state index is 13.5. The van der Waals surface area contributed by atoms with Crippen LogP contribution >= 0.6 is 0 Å². The summed E-state index contributed by atoms with van der Waals surface area (Å²) >= 11 is 0. The Kier molecular flexibility index (Phi) is 11.3. The molecule has 0 saturated carbocycles. The van der Waals surface area contributed by atoms with Crippen molar-refractivity contribution in [1.82, 2.24) is 25.9 Å². The summed E-state index contributed by atoms with van der Waals surface area (Å²) in [7, 11) is 0. The summed E-state index contributed by atoms with van der Waals surface area (Å²) in [6.45, 7) is 7.05. The molecule has 0 aliphatic rings. The highest BCUT2D eigenvalue weighted by Gasteiger charge is 2.32. The summed E-state index contributed by atoms with van der Waals surface area (Å²) in [5.41, 5.74) is 7.27. The molecule has 1 heterocycles. The van der Waals surface area contributed by atoms with Crippen molar-refractivity contribution < 1.29 is 29.4 Å². The SMILES string of the molecule is CCC(C)C(N)C(=O)NC(Cc1ccc(O)cc1)C(=O)NC(Cc1cnc[nH]1)C(=O)NC(C(=O)O)C(C)C. The number of H-pyrrole nitrogens is 1. The van der Waals surface area contributed by atoms with Crippen LogP contribution in [0, 0.1) is 11.8 Å². The third kappa shape index (κ3) is 8.87. The lowest BCUT2D eigenvalue weighted by Crippen LogP contribution is -2.59. The predicted octanol–water partition coefficient (Wildman–Crippen LogP) is 0.469. The molecule has 3 amide bonds. The van der Waals surface area contributed by atoms with Crippen molar-refractivity contribution in [3.63, 3.8) is 0 Å². The second kappa shape index (κ2) is 14.1. The van der Waals surface area contributed by atoms with Gasteiger partial charge in [-0.15, -0.1) is 0 Å². The first-order valence-corrected chi connectivity index (χ1v) is 12.6. The first-order valence-electron chi connectivity index (χ1n) is 12.6. The van der Waals surface area contributed by atoms with Gasteiger partial charge >= 0.3 is 5.97 Å². The molecule has 38 heavy (non-hydrogen) atoms. The molecular formula is C26H38N6O6. The zero-order valence-corrected chi connectivity index (χ0v) is 22.1. The fraction of sp³-hybridized carbons (Fsp3) is 0.500. The van der Waals surface area contributed by atoms with Crippen LogP contribution in [-0.2, 0) is 32.0 Å². The molecule has 0 saturated heterocycles. The first kappa shape index (κ1) is 30.3. The highest BCUT2D eigenvalue weighted by atomic mass is 16.4. The van der Waals surface area contributed by atoms with E-state index in [1.807, 2.05) is 13.8 Å². The average molecular weight is 531 g/mol. The number of hydrogen-bond donors (Lipinski definition) is 7. The Morgan fingerprint density at radius 3 is 2.05 bits per heavy atom. The number of carbonyl (C=O) groups excluding carboxylic acids is 3. The van der Waals surface area contributed by atoms with Crippen LogP contribution in [0.1, 0.15) is 45.4 Å². The van der Waals surface area contributed by atoms with Gasteiger partial charge in [0.05, 0.1) is 12.4 Å². The smallest absolute Gasteiger partial charge is 0.326 e. The van der Waals surface area contributed by atoms with Gasteiger partial charge in [0.2, 0.25) is 17.7 Å². The van der Waals surface area contributed by atoms with Gasteiger partial charge in [0.25, 0.3) is 0 Å². The molecule has 12 heteroatoms. The van der Waals surface area contributed by atoms with Gasteiger partial charge in [-0.3, -0.25) is 14.4 Å². The largest absolute Gasteiger partial charge is 0.508 e. The molecule has 0 radical (unpaired) electrons. The zero-order chi connectivity index (χ0) is 28.4. The number of benzene rings is 1. The van der Waals surface area contributed by atoms with Crippen LogP contribution in [0.15, 0.2) is 36.8 Å². The van der Waals surface area contributed by atoms with Gasteiger partial charge in [0.1, 0.15) is 23.9 Å². The Bertz CT molecular complexity index is 1070. The Balaban J connectivity index is 2.30. The Hall–Kier alpha value is -3.93. The van der Waals surface area contributed by atoms with Crippen LogP contribution in [-0.4, -0.2) is 68.0 Å². The van der Waals surface area contributed by atoms with E-state index >= 15 is 0 Å². The molecule has 5 unspecified atom stereocenters. The van der Waals surface area contributed by atoms with Crippen molar-refractivity contribution in [3.05, 3.63) is 48.0 Å². The van der Waals surface area contributed by atoms with E-state index in [2.05, 4.69) is 25.9 Å². The number of nitrogens with one attached hydrogen (secondary N) is 4. The number of aromatic hydroxyl groups is 1. The average Bonchev–Trinajstić information content (AvgIpc) is 3.39. The maximum Gasteiger partial charge on any atom is 0.326 e. The summed E-state index contributed by atoms with van der Waals surface area (Å²) in [6.07, 6.45) is 3.65. The number of carboxylic acids is 1. The number of aromatic amines is 1. The van der Waals surface area contributed by atoms with Gasteiger partial charge in [-0.2, -0.15) is 0 Å². The van der Waals surface area contributed by atoms with Gasteiger partial charge in [-0.1, -0.05) is 46.2 Å². The molecule has 1 aromatic carbocycles. The molecule has 0 fully saturated rings. The standard InChI is InChI=1S/C26H38N6O6/c1-5-15(4)21(27)25(36)31-19(10-16-6-8-18(33)9-7-16)23(34)30-20(11-17-12-28-13-29-17)24(35)32-22(14(2)3)26(37)38/h6-9,12-15,19-22,33H,5,10-11,27H2,1-4H3,(H,28,29)(H,30,34)(H,31,36)(H,32,35)(H,37,38). The quantitative estimate of drug-likeness (QED) is 0.183. The summed E-state index contributed by atoms with van der Waals surface area (Å²) in [4.78, 5) is 57.9. The van der Waals surface area contributed by atoms with Crippen LogP contribution in [0.25, 0.3) is 0 Å². The molecular weight excluding hydrogens is 492 g/mol. The van der Waals surface area contributed by atoms with Gasteiger partial charge < -0.3 is 36.9 Å². The molecule has 208 valence electrons.